The summed E-state index contributed by atoms with van der Waals surface area (Å²) in [6.45, 7) is 4.30. The molecule has 0 radical (unpaired) electrons. The van der Waals surface area contributed by atoms with Crippen LogP contribution in [0.15, 0.2) is 12.4 Å². The van der Waals surface area contributed by atoms with Gasteiger partial charge in [0.2, 0.25) is 0 Å². The topological polar surface area (TPSA) is 68.0 Å². The van der Waals surface area contributed by atoms with Crippen molar-refractivity contribution >= 4 is 5.65 Å². The Bertz CT molecular complexity index is 465. The van der Waals surface area contributed by atoms with Gasteiger partial charge >= 0.3 is 0 Å². The van der Waals surface area contributed by atoms with E-state index in [1.807, 2.05) is 13.2 Å². The second kappa shape index (κ2) is 4.52. The molecule has 0 fully saturated rings. The highest BCUT2D eigenvalue weighted by atomic mass is 15.5. The largest absolute Gasteiger partial charge is 0.317 e. The first-order valence-electron chi connectivity index (χ1n) is 5.47. The first-order chi connectivity index (χ1) is 7.77. The highest BCUT2D eigenvalue weighted by Gasteiger charge is 2.20. The van der Waals surface area contributed by atoms with Gasteiger partial charge in [-0.3, -0.25) is 4.98 Å². The molecule has 2 rings (SSSR count). The molecule has 2 aromatic heterocycles. The highest BCUT2D eigenvalue weighted by Crippen LogP contribution is 2.22. The molecule has 2 atom stereocenters. The van der Waals surface area contributed by atoms with E-state index in [1.54, 1.807) is 10.7 Å². The first kappa shape index (κ1) is 10.9. The van der Waals surface area contributed by atoms with E-state index in [4.69, 9.17) is 0 Å². The Hall–Kier alpha value is -1.56. The maximum atomic E-state index is 4.18. The Morgan fingerprint density at radius 1 is 1.44 bits per heavy atom. The molecular weight excluding hydrogens is 204 g/mol. The van der Waals surface area contributed by atoms with Crippen LogP contribution in [0.2, 0.25) is 0 Å². The highest BCUT2D eigenvalue weighted by molar-refractivity contribution is 5.33. The first-order valence-corrected chi connectivity index (χ1v) is 5.47. The minimum absolute atomic E-state index is 0.352. The fourth-order valence-corrected chi connectivity index (χ4v) is 1.97. The standard InChI is InChI=1S/C10H16N6/c1-4-8(7(2)11-3)9-5-12-6-10-13-14-15-16(9)10/h5-8,11H,4H2,1-3H3. The van der Waals surface area contributed by atoms with Gasteiger partial charge in [-0.05, 0) is 30.8 Å². The molecule has 86 valence electrons. The zero-order chi connectivity index (χ0) is 11.5. The summed E-state index contributed by atoms with van der Waals surface area (Å²) in [6.07, 6.45) is 4.52. The molecule has 0 saturated carbocycles. The van der Waals surface area contributed by atoms with Crippen LogP contribution in [0.5, 0.6) is 0 Å². The number of nitrogens with one attached hydrogen (secondary N) is 1. The van der Waals surface area contributed by atoms with Gasteiger partial charge in [0, 0.05) is 18.2 Å². The molecule has 2 aromatic rings. The average Bonchev–Trinajstić information content (AvgIpc) is 2.78. The molecular formula is C10H16N6. The SMILES string of the molecule is CCC(c1cncc2nnnn12)C(C)NC. The number of hydrogen-bond acceptors (Lipinski definition) is 5. The minimum Gasteiger partial charge on any atom is -0.317 e. The number of nitrogens with zero attached hydrogens (tertiary/aromatic N) is 5. The summed E-state index contributed by atoms with van der Waals surface area (Å²) >= 11 is 0. The number of fused-ring (bicyclic) bond motifs is 1. The van der Waals surface area contributed by atoms with E-state index in [1.165, 1.54) is 0 Å². The Labute approximate surface area is 94.1 Å². The van der Waals surface area contributed by atoms with Gasteiger partial charge in [0.1, 0.15) is 0 Å². The molecule has 0 saturated heterocycles. The molecule has 1 N–H and O–H groups in total. The van der Waals surface area contributed by atoms with Crippen molar-refractivity contribution in [2.75, 3.05) is 7.05 Å². The molecule has 6 nitrogen and oxygen atoms in total. The van der Waals surface area contributed by atoms with Gasteiger partial charge in [-0.15, -0.1) is 5.10 Å². The molecule has 16 heavy (non-hydrogen) atoms. The molecule has 0 aliphatic carbocycles. The second-order valence-corrected chi connectivity index (χ2v) is 3.87. The third-order valence-electron chi connectivity index (χ3n) is 3.01. The fraction of sp³-hybridized carbons (Fsp3) is 0.600. The Morgan fingerprint density at radius 2 is 2.25 bits per heavy atom. The zero-order valence-corrected chi connectivity index (χ0v) is 9.75. The van der Waals surface area contributed by atoms with Crippen LogP contribution in [0.4, 0.5) is 0 Å². The Balaban J connectivity index is 2.48. The van der Waals surface area contributed by atoms with Crippen LogP contribution in [0.3, 0.4) is 0 Å². The summed E-state index contributed by atoms with van der Waals surface area (Å²) in [5.74, 6) is 0.352. The molecule has 2 heterocycles. The van der Waals surface area contributed by atoms with E-state index in [0.717, 1.165) is 12.1 Å². The summed E-state index contributed by atoms with van der Waals surface area (Å²) in [6, 6.07) is 0.363. The van der Waals surface area contributed by atoms with Crippen LogP contribution in [0.25, 0.3) is 5.65 Å². The van der Waals surface area contributed by atoms with E-state index in [9.17, 15) is 0 Å². The van der Waals surface area contributed by atoms with Crippen LogP contribution in [-0.2, 0) is 0 Å². The van der Waals surface area contributed by atoms with E-state index < -0.39 is 0 Å². The zero-order valence-electron chi connectivity index (χ0n) is 9.75. The van der Waals surface area contributed by atoms with Crippen molar-refractivity contribution in [2.45, 2.75) is 32.2 Å². The van der Waals surface area contributed by atoms with Crippen molar-refractivity contribution in [1.29, 1.82) is 0 Å². The van der Waals surface area contributed by atoms with E-state index in [-0.39, 0.29) is 0 Å². The van der Waals surface area contributed by atoms with Crippen LogP contribution >= 0.6 is 0 Å². The monoisotopic (exact) mass is 220 g/mol. The lowest BCUT2D eigenvalue weighted by Crippen LogP contribution is -2.30. The van der Waals surface area contributed by atoms with Gasteiger partial charge in [-0.1, -0.05) is 6.92 Å². The van der Waals surface area contributed by atoms with Crippen molar-refractivity contribution in [3.05, 3.63) is 18.1 Å². The van der Waals surface area contributed by atoms with E-state index >= 15 is 0 Å². The van der Waals surface area contributed by atoms with Gasteiger partial charge in [0.15, 0.2) is 5.65 Å². The van der Waals surface area contributed by atoms with Crippen LogP contribution in [0, 0.1) is 0 Å². The van der Waals surface area contributed by atoms with Gasteiger partial charge in [0.25, 0.3) is 0 Å². The minimum atomic E-state index is 0.352. The molecule has 0 aromatic carbocycles. The molecule has 6 heteroatoms. The smallest absolute Gasteiger partial charge is 0.197 e. The predicted octanol–water partition coefficient (Wildman–Crippen LogP) is 0.621. The lowest BCUT2D eigenvalue weighted by atomic mass is 9.95. The second-order valence-electron chi connectivity index (χ2n) is 3.87. The number of tetrazole rings is 1. The van der Waals surface area contributed by atoms with Crippen molar-refractivity contribution < 1.29 is 0 Å². The molecule has 0 bridgehead atoms. The normalized spacial score (nSPS) is 15.2. The van der Waals surface area contributed by atoms with E-state index in [2.05, 4.69) is 39.7 Å². The maximum absolute atomic E-state index is 4.18. The Kier molecular flexibility index (Phi) is 3.09. The van der Waals surface area contributed by atoms with Gasteiger partial charge < -0.3 is 5.32 Å². The maximum Gasteiger partial charge on any atom is 0.197 e. The third kappa shape index (κ3) is 1.76. The van der Waals surface area contributed by atoms with Gasteiger partial charge in [0.05, 0.1) is 11.9 Å². The molecule has 0 spiro atoms. The predicted molar refractivity (Wildman–Crippen MR) is 60.1 cm³/mol. The number of rotatable bonds is 4. The van der Waals surface area contributed by atoms with E-state index in [0.29, 0.717) is 17.6 Å². The summed E-state index contributed by atoms with van der Waals surface area (Å²) in [5, 5.41) is 14.8. The van der Waals surface area contributed by atoms with Crippen LogP contribution in [-0.4, -0.2) is 38.1 Å². The molecule has 2 unspecified atom stereocenters. The third-order valence-corrected chi connectivity index (χ3v) is 3.01. The van der Waals surface area contributed by atoms with Crippen molar-refractivity contribution in [3.8, 4) is 0 Å². The molecule has 0 aliphatic rings. The summed E-state index contributed by atoms with van der Waals surface area (Å²) in [7, 11) is 1.96. The lowest BCUT2D eigenvalue weighted by Gasteiger charge is -2.22. The Morgan fingerprint density at radius 3 is 2.94 bits per heavy atom. The lowest BCUT2D eigenvalue weighted by molar-refractivity contribution is 0.463. The van der Waals surface area contributed by atoms with Crippen molar-refractivity contribution in [1.82, 2.24) is 30.3 Å². The number of likely N-dealkylation sites (N-methyl/N-ethyl adjacent to an activating group) is 1. The number of aromatic nitrogens is 5. The summed E-state index contributed by atoms with van der Waals surface area (Å²) in [4.78, 5) is 4.18. The van der Waals surface area contributed by atoms with Crippen molar-refractivity contribution in [3.63, 3.8) is 0 Å². The molecule has 0 amide bonds. The van der Waals surface area contributed by atoms with Gasteiger partial charge in [-0.25, -0.2) is 0 Å². The average molecular weight is 220 g/mol. The quantitative estimate of drug-likeness (QED) is 0.818. The van der Waals surface area contributed by atoms with Crippen LogP contribution in [0.1, 0.15) is 31.9 Å². The van der Waals surface area contributed by atoms with Gasteiger partial charge in [-0.2, -0.15) is 4.52 Å². The van der Waals surface area contributed by atoms with Crippen molar-refractivity contribution in [2.24, 2.45) is 0 Å². The summed E-state index contributed by atoms with van der Waals surface area (Å²) in [5.41, 5.74) is 1.74. The number of hydrogen-bond donors (Lipinski definition) is 1. The molecule has 0 aliphatic heterocycles. The fourth-order valence-electron chi connectivity index (χ4n) is 1.97. The van der Waals surface area contributed by atoms with Crippen LogP contribution < -0.4 is 5.32 Å². The summed E-state index contributed by atoms with van der Waals surface area (Å²) < 4.78 is 1.76.